The van der Waals surface area contributed by atoms with Gasteiger partial charge in [-0.25, -0.2) is 0 Å². The predicted molar refractivity (Wildman–Crippen MR) is 164 cm³/mol. The molecule has 0 unspecified atom stereocenters. The molecule has 5 atom stereocenters. The maximum Gasteiger partial charge on any atom is 0.192 e. The summed E-state index contributed by atoms with van der Waals surface area (Å²) >= 11 is 0. The number of benzene rings is 3. The fourth-order valence-corrected chi connectivity index (χ4v) is 6.04. The second-order valence-corrected chi connectivity index (χ2v) is 17.0. The SMILES string of the molecule is CC(C)(C)[Si](C)(C)O[C@@H]1[C@@H](OCc2ccccc2)[C@H](OCc2ccccc2)[C@@H](COCc2ccccc2)O[C@@H]1CO. The fourth-order valence-electron chi connectivity index (χ4n) is 4.72. The third-order valence-electron chi connectivity index (χ3n) is 8.11. The fraction of sp³-hybridized carbons (Fsp3) is 0.471. The van der Waals surface area contributed by atoms with Crippen LogP contribution in [0.1, 0.15) is 37.5 Å². The lowest BCUT2D eigenvalue weighted by atomic mass is 9.94. The first-order chi connectivity index (χ1) is 19.7. The summed E-state index contributed by atoms with van der Waals surface area (Å²) in [6.45, 7) is 12.4. The number of aliphatic hydroxyl groups is 1. The smallest absolute Gasteiger partial charge is 0.192 e. The first-order valence-corrected chi connectivity index (χ1v) is 17.5. The van der Waals surface area contributed by atoms with E-state index in [-0.39, 0.29) is 11.6 Å². The van der Waals surface area contributed by atoms with Crippen molar-refractivity contribution in [2.75, 3.05) is 13.2 Å². The zero-order valence-corrected chi connectivity index (χ0v) is 26.1. The van der Waals surface area contributed by atoms with Crippen LogP contribution in [0.4, 0.5) is 0 Å². The Morgan fingerprint density at radius 1 is 0.659 bits per heavy atom. The highest BCUT2D eigenvalue weighted by atomic mass is 28.4. The van der Waals surface area contributed by atoms with Gasteiger partial charge in [-0.1, -0.05) is 112 Å². The Kier molecular flexibility index (Phi) is 11.3. The number of rotatable bonds is 13. The lowest BCUT2D eigenvalue weighted by Crippen LogP contribution is -2.64. The molecule has 3 aromatic carbocycles. The van der Waals surface area contributed by atoms with Gasteiger partial charge in [-0.05, 0) is 34.8 Å². The topological polar surface area (TPSA) is 66.4 Å². The molecule has 0 amide bonds. The molecule has 3 aromatic rings. The van der Waals surface area contributed by atoms with E-state index in [1.807, 2.05) is 91.0 Å². The van der Waals surface area contributed by atoms with Crippen molar-refractivity contribution in [3.05, 3.63) is 108 Å². The van der Waals surface area contributed by atoms with Crippen LogP contribution in [0.5, 0.6) is 0 Å². The van der Waals surface area contributed by atoms with Gasteiger partial charge in [0.15, 0.2) is 8.32 Å². The minimum atomic E-state index is -2.27. The van der Waals surface area contributed by atoms with E-state index in [9.17, 15) is 5.11 Å². The van der Waals surface area contributed by atoms with Gasteiger partial charge < -0.3 is 28.5 Å². The van der Waals surface area contributed by atoms with Crippen LogP contribution >= 0.6 is 0 Å². The van der Waals surface area contributed by atoms with Crippen LogP contribution in [0.2, 0.25) is 18.1 Å². The molecule has 1 heterocycles. The van der Waals surface area contributed by atoms with Crippen LogP contribution in [-0.2, 0) is 43.2 Å². The van der Waals surface area contributed by atoms with Crippen molar-refractivity contribution < 1.29 is 28.5 Å². The molecule has 0 aliphatic carbocycles. The summed E-state index contributed by atoms with van der Waals surface area (Å²) in [4.78, 5) is 0. The Balaban J connectivity index is 1.63. The van der Waals surface area contributed by atoms with Crippen molar-refractivity contribution in [1.82, 2.24) is 0 Å². The monoisotopic (exact) mass is 578 g/mol. The Hall–Kier alpha value is -2.36. The lowest BCUT2D eigenvalue weighted by Gasteiger charge is -2.49. The van der Waals surface area contributed by atoms with Crippen LogP contribution < -0.4 is 0 Å². The summed E-state index contributed by atoms with van der Waals surface area (Å²) in [5.41, 5.74) is 3.20. The molecule has 0 bridgehead atoms. The van der Waals surface area contributed by atoms with Gasteiger partial charge in [-0.15, -0.1) is 0 Å². The van der Waals surface area contributed by atoms with Gasteiger partial charge in [0.25, 0.3) is 0 Å². The van der Waals surface area contributed by atoms with E-state index >= 15 is 0 Å². The maximum atomic E-state index is 10.6. The maximum absolute atomic E-state index is 10.6. The van der Waals surface area contributed by atoms with Crippen molar-refractivity contribution in [1.29, 1.82) is 0 Å². The van der Waals surface area contributed by atoms with Crippen LogP contribution in [0.25, 0.3) is 0 Å². The molecule has 7 heteroatoms. The van der Waals surface area contributed by atoms with E-state index in [0.29, 0.717) is 26.4 Å². The minimum absolute atomic E-state index is 0.0347. The van der Waals surface area contributed by atoms with Crippen molar-refractivity contribution in [2.45, 2.75) is 89.2 Å². The number of aliphatic hydroxyl groups excluding tert-OH is 1. The highest BCUT2D eigenvalue weighted by molar-refractivity contribution is 6.74. The Labute approximate surface area is 246 Å². The minimum Gasteiger partial charge on any atom is -0.408 e. The molecule has 1 fully saturated rings. The second kappa shape index (κ2) is 14.7. The van der Waals surface area contributed by atoms with E-state index < -0.39 is 38.8 Å². The highest BCUT2D eigenvalue weighted by Gasteiger charge is 2.51. The molecule has 41 heavy (non-hydrogen) atoms. The summed E-state index contributed by atoms with van der Waals surface area (Å²) in [6, 6.07) is 30.3. The molecule has 0 radical (unpaired) electrons. The Morgan fingerprint density at radius 2 is 1.12 bits per heavy atom. The summed E-state index contributed by atoms with van der Waals surface area (Å²) < 4.78 is 33.0. The third kappa shape index (κ3) is 8.81. The van der Waals surface area contributed by atoms with E-state index in [0.717, 1.165) is 16.7 Å². The van der Waals surface area contributed by atoms with E-state index in [1.54, 1.807) is 0 Å². The molecular weight excluding hydrogens is 532 g/mol. The average Bonchev–Trinajstić information content (AvgIpc) is 2.97. The van der Waals surface area contributed by atoms with Crippen LogP contribution in [-0.4, -0.2) is 57.2 Å². The van der Waals surface area contributed by atoms with Crippen LogP contribution in [0, 0.1) is 0 Å². The van der Waals surface area contributed by atoms with Gasteiger partial charge in [0.05, 0.1) is 33.0 Å². The summed E-state index contributed by atoms with van der Waals surface area (Å²) in [5.74, 6) is 0. The molecule has 1 aliphatic heterocycles. The second-order valence-electron chi connectivity index (χ2n) is 12.3. The average molecular weight is 579 g/mol. The van der Waals surface area contributed by atoms with Crippen molar-refractivity contribution >= 4 is 8.32 Å². The van der Waals surface area contributed by atoms with E-state index in [1.165, 1.54) is 0 Å². The van der Waals surface area contributed by atoms with Crippen molar-refractivity contribution in [3.63, 3.8) is 0 Å². The first kappa shape index (κ1) is 31.6. The van der Waals surface area contributed by atoms with Gasteiger partial charge >= 0.3 is 0 Å². The molecule has 1 saturated heterocycles. The molecule has 0 spiro atoms. The predicted octanol–water partition coefficient (Wildman–Crippen LogP) is 6.52. The van der Waals surface area contributed by atoms with E-state index in [2.05, 4.69) is 33.9 Å². The first-order valence-electron chi connectivity index (χ1n) is 14.5. The molecular formula is C34H46O6Si. The van der Waals surface area contributed by atoms with Gasteiger partial charge in [0.1, 0.15) is 30.5 Å². The van der Waals surface area contributed by atoms with Crippen LogP contribution in [0.15, 0.2) is 91.0 Å². The number of hydrogen-bond acceptors (Lipinski definition) is 6. The molecule has 1 aliphatic rings. The molecule has 222 valence electrons. The molecule has 6 nitrogen and oxygen atoms in total. The lowest BCUT2D eigenvalue weighted by molar-refractivity contribution is -0.262. The summed E-state index contributed by atoms with van der Waals surface area (Å²) in [7, 11) is -2.27. The normalized spacial score (nSPS) is 23.4. The zero-order chi connectivity index (χ0) is 29.3. The summed E-state index contributed by atoms with van der Waals surface area (Å²) in [6.07, 6.45) is -2.50. The van der Waals surface area contributed by atoms with E-state index in [4.69, 9.17) is 23.4 Å². The largest absolute Gasteiger partial charge is 0.408 e. The Morgan fingerprint density at radius 3 is 1.59 bits per heavy atom. The quantitative estimate of drug-likeness (QED) is 0.233. The molecule has 1 N–H and O–H groups in total. The van der Waals surface area contributed by atoms with Gasteiger partial charge in [-0.3, -0.25) is 0 Å². The number of hydrogen-bond donors (Lipinski definition) is 1. The van der Waals surface area contributed by atoms with Gasteiger partial charge in [0.2, 0.25) is 0 Å². The van der Waals surface area contributed by atoms with Crippen molar-refractivity contribution in [3.8, 4) is 0 Å². The standard InChI is InChI=1S/C34H46O6Si/c1-34(2,3)41(4,5)40-32-29(21-35)39-30(25-36-22-26-15-9-6-10-16-26)31(37-23-27-17-11-7-12-18-27)33(32)38-24-28-19-13-8-14-20-28/h6-20,29-33,35H,21-25H2,1-5H3/t29-,30-,31-,32+,33+/m1/s1. The molecule has 0 aromatic heterocycles. The summed E-state index contributed by atoms with van der Waals surface area (Å²) in [5, 5.41) is 10.5. The van der Waals surface area contributed by atoms with Gasteiger partial charge in [0, 0.05) is 0 Å². The molecule has 4 rings (SSSR count). The third-order valence-corrected chi connectivity index (χ3v) is 12.6. The number of ether oxygens (including phenoxy) is 4. The van der Waals surface area contributed by atoms with Crippen molar-refractivity contribution in [2.24, 2.45) is 0 Å². The zero-order valence-electron chi connectivity index (χ0n) is 25.1. The Bertz CT molecular complexity index is 1150. The van der Waals surface area contributed by atoms with Gasteiger partial charge in [-0.2, -0.15) is 0 Å². The molecule has 0 saturated carbocycles. The highest BCUT2D eigenvalue weighted by Crippen LogP contribution is 2.40. The van der Waals surface area contributed by atoms with Crippen LogP contribution in [0.3, 0.4) is 0 Å².